The molecule has 134 valence electrons. The minimum Gasteiger partial charge on any atom is -0.354 e. The number of aromatic nitrogens is 1. The Labute approximate surface area is 149 Å². The molecule has 0 radical (unpaired) electrons. The van der Waals surface area contributed by atoms with Crippen LogP contribution in [0, 0.1) is 0 Å². The van der Waals surface area contributed by atoms with Gasteiger partial charge >= 0.3 is 0 Å². The Balaban J connectivity index is 1.52. The zero-order chi connectivity index (χ0) is 17.7. The van der Waals surface area contributed by atoms with Crippen molar-refractivity contribution in [3.63, 3.8) is 0 Å². The molecule has 0 unspecified atom stereocenters. The van der Waals surface area contributed by atoms with E-state index in [0.717, 1.165) is 38.5 Å². The highest BCUT2D eigenvalue weighted by Crippen LogP contribution is 2.16. The Bertz CT molecular complexity index is 770. The van der Waals surface area contributed by atoms with Crippen LogP contribution in [0.1, 0.15) is 12.5 Å². The summed E-state index contributed by atoms with van der Waals surface area (Å²) in [5.41, 5.74) is 1.80. The fourth-order valence-electron chi connectivity index (χ4n) is 2.86. The Hall–Kier alpha value is -2.12. The van der Waals surface area contributed by atoms with Crippen LogP contribution in [0.3, 0.4) is 0 Å². The molecule has 1 aromatic heterocycles. The summed E-state index contributed by atoms with van der Waals surface area (Å²) in [6, 6.07) is 13.6. The smallest absolute Gasteiger partial charge is 0.232 e. The Morgan fingerprint density at radius 2 is 1.76 bits per heavy atom. The summed E-state index contributed by atoms with van der Waals surface area (Å²) in [6.07, 6.45) is 1.83. The van der Waals surface area contributed by atoms with Crippen LogP contribution in [0.5, 0.6) is 0 Å². The first kappa shape index (κ1) is 17.7. The Morgan fingerprint density at radius 1 is 1.04 bits per heavy atom. The lowest BCUT2D eigenvalue weighted by Gasteiger charge is -2.35. The third-order valence-corrected chi connectivity index (χ3v) is 5.67. The number of piperazine rings is 1. The summed E-state index contributed by atoms with van der Waals surface area (Å²) in [4.78, 5) is 9.12. The molecule has 1 aliphatic rings. The van der Waals surface area contributed by atoms with E-state index in [1.807, 2.05) is 48.7 Å². The molecule has 2 aromatic rings. The van der Waals surface area contributed by atoms with Gasteiger partial charge in [0.05, 0.1) is 5.75 Å². The summed E-state index contributed by atoms with van der Waals surface area (Å²) < 4.78 is 25.7. The SMILES string of the molecule is CCS(=O)(=O)Nc1ccc(CN2CCN(c3ccccn3)CC2)cc1. The minimum absolute atomic E-state index is 0.0787. The molecule has 0 amide bonds. The zero-order valence-corrected chi connectivity index (χ0v) is 15.2. The van der Waals surface area contributed by atoms with Crippen molar-refractivity contribution in [2.75, 3.05) is 41.6 Å². The highest BCUT2D eigenvalue weighted by atomic mass is 32.2. The first-order valence-electron chi connectivity index (χ1n) is 8.53. The molecular weight excluding hydrogens is 336 g/mol. The first-order valence-corrected chi connectivity index (χ1v) is 10.2. The molecule has 0 saturated carbocycles. The fourth-order valence-corrected chi connectivity index (χ4v) is 3.50. The van der Waals surface area contributed by atoms with Gasteiger partial charge in [-0.1, -0.05) is 18.2 Å². The Kier molecular flexibility index (Phi) is 5.55. The molecule has 1 aromatic carbocycles. The summed E-state index contributed by atoms with van der Waals surface area (Å²) >= 11 is 0. The molecule has 7 heteroatoms. The summed E-state index contributed by atoms with van der Waals surface area (Å²) in [5, 5.41) is 0. The van der Waals surface area contributed by atoms with E-state index in [0.29, 0.717) is 5.69 Å². The van der Waals surface area contributed by atoms with E-state index < -0.39 is 10.0 Å². The van der Waals surface area contributed by atoms with Crippen LogP contribution >= 0.6 is 0 Å². The second kappa shape index (κ2) is 7.84. The first-order chi connectivity index (χ1) is 12.1. The van der Waals surface area contributed by atoms with E-state index in [-0.39, 0.29) is 5.75 Å². The average molecular weight is 360 g/mol. The number of nitrogens with zero attached hydrogens (tertiary/aromatic N) is 3. The van der Waals surface area contributed by atoms with E-state index in [4.69, 9.17) is 0 Å². The lowest BCUT2D eigenvalue weighted by atomic mass is 10.2. The van der Waals surface area contributed by atoms with Crippen molar-refractivity contribution in [3.05, 3.63) is 54.2 Å². The highest BCUT2D eigenvalue weighted by molar-refractivity contribution is 7.92. The monoisotopic (exact) mass is 360 g/mol. The second-order valence-corrected chi connectivity index (χ2v) is 8.16. The number of hydrogen-bond donors (Lipinski definition) is 1. The van der Waals surface area contributed by atoms with Gasteiger partial charge in [0, 0.05) is 44.6 Å². The number of nitrogens with one attached hydrogen (secondary N) is 1. The normalized spacial score (nSPS) is 16.0. The molecule has 6 nitrogen and oxygen atoms in total. The molecule has 0 atom stereocenters. The van der Waals surface area contributed by atoms with Gasteiger partial charge < -0.3 is 4.90 Å². The maximum Gasteiger partial charge on any atom is 0.232 e. The van der Waals surface area contributed by atoms with Crippen LogP contribution in [-0.2, 0) is 16.6 Å². The maximum absolute atomic E-state index is 11.6. The van der Waals surface area contributed by atoms with Gasteiger partial charge in [-0.3, -0.25) is 9.62 Å². The minimum atomic E-state index is -3.22. The van der Waals surface area contributed by atoms with Crippen molar-refractivity contribution in [2.24, 2.45) is 0 Å². The van der Waals surface area contributed by atoms with Gasteiger partial charge in [-0.15, -0.1) is 0 Å². The van der Waals surface area contributed by atoms with E-state index >= 15 is 0 Å². The van der Waals surface area contributed by atoms with Crippen molar-refractivity contribution in [2.45, 2.75) is 13.5 Å². The van der Waals surface area contributed by atoms with Crippen LogP contribution in [-0.4, -0.2) is 50.2 Å². The topological polar surface area (TPSA) is 65.5 Å². The predicted molar refractivity (Wildman–Crippen MR) is 101 cm³/mol. The van der Waals surface area contributed by atoms with Crippen LogP contribution in [0.2, 0.25) is 0 Å². The van der Waals surface area contributed by atoms with Crippen molar-refractivity contribution in [3.8, 4) is 0 Å². The molecule has 3 rings (SSSR count). The zero-order valence-electron chi connectivity index (χ0n) is 14.4. The second-order valence-electron chi connectivity index (χ2n) is 6.15. The molecule has 1 N–H and O–H groups in total. The number of sulfonamides is 1. The molecule has 0 aliphatic carbocycles. The van der Waals surface area contributed by atoms with Gasteiger partial charge in [0.15, 0.2) is 0 Å². The van der Waals surface area contributed by atoms with E-state index in [1.54, 1.807) is 6.92 Å². The van der Waals surface area contributed by atoms with Gasteiger partial charge in [0.1, 0.15) is 5.82 Å². The van der Waals surface area contributed by atoms with Gasteiger partial charge in [-0.25, -0.2) is 13.4 Å². The van der Waals surface area contributed by atoms with Crippen molar-refractivity contribution in [1.29, 1.82) is 0 Å². The lowest BCUT2D eigenvalue weighted by molar-refractivity contribution is 0.249. The summed E-state index contributed by atoms with van der Waals surface area (Å²) in [6.45, 7) is 6.40. The Morgan fingerprint density at radius 3 is 2.36 bits per heavy atom. The number of hydrogen-bond acceptors (Lipinski definition) is 5. The lowest BCUT2D eigenvalue weighted by Crippen LogP contribution is -2.46. The highest BCUT2D eigenvalue weighted by Gasteiger charge is 2.17. The number of rotatable bonds is 6. The number of benzene rings is 1. The quantitative estimate of drug-likeness (QED) is 0.855. The maximum atomic E-state index is 11.6. The number of anilines is 2. The van der Waals surface area contributed by atoms with Crippen LogP contribution in [0.4, 0.5) is 11.5 Å². The molecule has 2 heterocycles. The largest absolute Gasteiger partial charge is 0.354 e. The molecular formula is C18H24N4O2S. The van der Waals surface area contributed by atoms with Gasteiger partial charge in [-0.2, -0.15) is 0 Å². The van der Waals surface area contributed by atoms with Crippen LogP contribution in [0.25, 0.3) is 0 Å². The van der Waals surface area contributed by atoms with E-state index in [9.17, 15) is 8.42 Å². The fraction of sp³-hybridized carbons (Fsp3) is 0.389. The van der Waals surface area contributed by atoms with Crippen molar-refractivity contribution >= 4 is 21.5 Å². The summed E-state index contributed by atoms with van der Waals surface area (Å²) in [7, 11) is -3.22. The van der Waals surface area contributed by atoms with Crippen LogP contribution < -0.4 is 9.62 Å². The van der Waals surface area contributed by atoms with Gasteiger partial charge in [-0.05, 0) is 36.8 Å². The van der Waals surface area contributed by atoms with Gasteiger partial charge in [0.2, 0.25) is 10.0 Å². The summed E-state index contributed by atoms with van der Waals surface area (Å²) in [5.74, 6) is 1.12. The van der Waals surface area contributed by atoms with Gasteiger partial charge in [0.25, 0.3) is 0 Å². The number of pyridine rings is 1. The van der Waals surface area contributed by atoms with Crippen molar-refractivity contribution < 1.29 is 8.42 Å². The third-order valence-electron chi connectivity index (χ3n) is 4.36. The molecule has 0 spiro atoms. The van der Waals surface area contributed by atoms with Crippen LogP contribution in [0.15, 0.2) is 48.7 Å². The van der Waals surface area contributed by atoms with E-state index in [2.05, 4.69) is 19.5 Å². The standard InChI is InChI=1S/C18H24N4O2S/c1-2-25(23,24)20-17-8-6-16(7-9-17)15-21-11-13-22(14-12-21)18-5-3-4-10-19-18/h3-10,20H,2,11-15H2,1H3. The molecule has 25 heavy (non-hydrogen) atoms. The molecule has 1 aliphatic heterocycles. The molecule has 0 bridgehead atoms. The van der Waals surface area contributed by atoms with E-state index in [1.165, 1.54) is 5.56 Å². The molecule has 1 fully saturated rings. The van der Waals surface area contributed by atoms with Crippen molar-refractivity contribution in [1.82, 2.24) is 9.88 Å². The predicted octanol–water partition coefficient (Wildman–Crippen LogP) is 2.17. The third kappa shape index (κ3) is 4.93. The molecule has 1 saturated heterocycles. The average Bonchev–Trinajstić information content (AvgIpc) is 2.64.